The van der Waals surface area contributed by atoms with Crippen LogP contribution in [0.3, 0.4) is 0 Å². The molecule has 0 atom stereocenters. The Hall–Kier alpha value is -1.36. The molecular weight excluding hydrogens is 243 g/mol. The first-order chi connectivity index (χ1) is 8.29. The van der Waals surface area contributed by atoms with E-state index in [-0.39, 0.29) is 24.8 Å². The first-order valence-corrected chi connectivity index (χ1v) is 5.70. The molecule has 1 N–H and O–H groups in total. The molecule has 0 aliphatic heterocycles. The maximum Gasteiger partial charge on any atom is 0.416 e. The van der Waals surface area contributed by atoms with Crippen molar-refractivity contribution in [1.29, 1.82) is 0 Å². The maximum absolute atomic E-state index is 12.3. The van der Waals surface area contributed by atoms with E-state index in [0.29, 0.717) is 5.56 Å². The Morgan fingerprint density at radius 3 is 2.22 bits per heavy atom. The zero-order chi connectivity index (χ0) is 13.8. The number of hydrogen-bond acceptors (Lipinski definition) is 2. The van der Waals surface area contributed by atoms with Crippen LogP contribution in [0.1, 0.15) is 25.0 Å². The molecule has 1 aromatic rings. The second kappa shape index (κ2) is 6.00. The molecule has 0 amide bonds. The summed E-state index contributed by atoms with van der Waals surface area (Å²) in [6.45, 7) is 4.08. The molecule has 1 aromatic carbocycles. The van der Waals surface area contributed by atoms with Gasteiger partial charge in [0.05, 0.1) is 12.1 Å². The fourth-order valence-electron chi connectivity index (χ4n) is 1.42. The number of rotatable bonds is 5. The highest BCUT2D eigenvalue weighted by Crippen LogP contribution is 2.29. The van der Waals surface area contributed by atoms with Crippen LogP contribution >= 0.6 is 0 Å². The number of carbonyl (C=O) groups is 1. The van der Waals surface area contributed by atoms with E-state index in [4.69, 9.17) is 0 Å². The number of Topliss-reactive ketones (excluding diaryl/α,β-unsaturated/α-hetero) is 1. The molecule has 0 aliphatic rings. The summed E-state index contributed by atoms with van der Waals surface area (Å²) in [6, 6.07) is 4.89. The third-order valence-electron chi connectivity index (χ3n) is 2.39. The zero-order valence-corrected chi connectivity index (χ0v) is 10.3. The molecule has 0 saturated heterocycles. The van der Waals surface area contributed by atoms with Crippen molar-refractivity contribution in [2.75, 3.05) is 6.54 Å². The van der Waals surface area contributed by atoms with Gasteiger partial charge in [-0.15, -0.1) is 0 Å². The molecule has 0 heterocycles. The second-order valence-corrected chi connectivity index (χ2v) is 4.45. The molecule has 100 valence electrons. The van der Waals surface area contributed by atoms with Gasteiger partial charge in [0.1, 0.15) is 0 Å². The van der Waals surface area contributed by atoms with Crippen LogP contribution in [-0.4, -0.2) is 18.4 Å². The van der Waals surface area contributed by atoms with Gasteiger partial charge in [-0.05, 0) is 17.7 Å². The van der Waals surface area contributed by atoms with E-state index in [1.807, 2.05) is 13.8 Å². The lowest BCUT2D eigenvalue weighted by Crippen LogP contribution is -2.29. The minimum atomic E-state index is -4.33. The van der Waals surface area contributed by atoms with Crippen molar-refractivity contribution >= 4 is 5.78 Å². The van der Waals surface area contributed by atoms with E-state index in [9.17, 15) is 18.0 Å². The SMILES string of the molecule is CC(C)NCC(=O)Cc1ccc(C(F)(F)F)cc1. The maximum atomic E-state index is 12.3. The Bertz CT molecular complexity index is 396. The fraction of sp³-hybridized carbons (Fsp3) is 0.462. The largest absolute Gasteiger partial charge is 0.416 e. The Morgan fingerprint density at radius 2 is 1.78 bits per heavy atom. The summed E-state index contributed by atoms with van der Waals surface area (Å²) in [5.74, 6) is -0.0385. The molecule has 2 nitrogen and oxygen atoms in total. The summed E-state index contributed by atoms with van der Waals surface area (Å²) in [6.07, 6.45) is -4.18. The second-order valence-electron chi connectivity index (χ2n) is 4.45. The average molecular weight is 259 g/mol. The first kappa shape index (κ1) is 14.7. The summed E-state index contributed by atoms with van der Waals surface area (Å²) in [5, 5.41) is 2.97. The van der Waals surface area contributed by atoms with Gasteiger partial charge in [0, 0.05) is 12.5 Å². The third-order valence-corrected chi connectivity index (χ3v) is 2.39. The van der Waals surface area contributed by atoms with Gasteiger partial charge >= 0.3 is 6.18 Å². The monoisotopic (exact) mass is 259 g/mol. The number of nitrogens with one attached hydrogen (secondary N) is 1. The summed E-state index contributed by atoms with van der Waals surface area (Å²) in [7, 11) is 0. The predicted molar refractivity (Wildman–Crippen MR) is 63.3 cm³/mol. The molecule has 5 heteroatoms. The van der Waals surface area contributed by atoms with Crippen LogP contribution in [0.2, 0.25) is 0 Å². The van der Waals surface area contributed by atoms with Crippen molar-refractivity contribution in [3.05, 3.63) is 35.4 Å². The highest BCUT2D eigenvalue weighted by atomic mass is 19.4. The number of halogens is 3. The van der Waals surface area contributed by atoms with E-state index in [2.05, 4.69) is 5.32 Å². The molecule has 18 heavy (non-hydrogen) atoms. The lowest BCUT2D eigenvalue weighted by molar-refractivity contribution is -0.137. The molecular formula is C13H16F3NO. The molecule has 0 aliphatic carbocycles. The number of alkyl halides is 3. The average Bonchev–Trinajstić information content (AvgIpc) is 2.26. The normalized spacial score (nSPS) is 11.9. The van der Waals surface area contributed by atoms with Crippen LogP contribution in [0.5, 0.6) is 0 Å². The summed E-state index contributed by atoms with van der Waals surface area (Å²) in [4.78, 5) is 11.5. The van der Waals surface area contributed by atoms with Gasteiger partial charge in [-0.25, -0.2) is 0 Å². The van der Waals surface area contributed by atoms with Crippen LogP contribution in [-0.2, 0) is 17.4 Å². The molecule has 0 bridgehead atoms. The van der Waals surface area contributed by atoms with Gasteiger partial charge in [0.25, 0.3) is 0 Å². The minimum absolute atomic E-state index is 0.0385. The molecule has 1 rings (SSSR count). The Balaban J connectivity index is 2.56. The molecule has 0 radical (unpaired) electrons. The van der Waals surface area contributed by atoms with Crippen molar-refractivity contribution < 1.29 is 18.0 Å². The summed E-state index contributed by atoms with van der Waals surface area (Å²) < 4.78 is 36.9. The highest BCUT2D eigenvalue weighted by molar-refractivity contribution is 5.82. The van der Waals surface area contributed by atoms with E-state index in [0.717, 1.165) is 12.1 Å². The molecule has 0 saturated carbocycles. The number of benzene rings is 1. The molecule has 0 aromatic heterocycles. The van der Waals surface area contributed by atoms with Crippen molar-refractivity contribution in [1.82, 2.24) is 5.32 Å². The van der Waals surface area contributed by atoms with Gasteiger partial charge < -0.3 is 5.32 Å². The van der Waals surface area contributed by atoms with Crippen LogP contribution in [0.15, 0.2) is 24.3 Å². The Labute approximate surface area is 104 Å². The van der Waals surface area contributed by atoms with Gasteiger partial charge in [0.2, 0.25) is 0 Å². The van der Waals surface area contributed by atoms with Crippen LogP contribution in [0.4, 0.5) is 13.2 Å². The standard InChI is InChI=1S/C13H16F3NO/c1-9(2)17-8-12(18)7-10-3-5-11(6-4-10)13(14,15)16/h3-6,9,17H,7-8H2,1-2H3. The van der Waals surface area contributed by atoms with E-state index in [1.54, 1.807) is 0 Å². The number of hydrogen-bond donors (Lipinski definition) is 1. The van der Waals surface area contributed by atoms with Crippen LogP contribution in [0.25, 0.3) is 0 Å². The predicted octanol–water partition coefficient (Wildman–Crippen LogP) is 2.82. The Morgan fingerprint density at radius 1 is 1.22 bits per heavy atom. The van der Waals surface area contributed by atoms with Gasteiger partial charge in [0.15, 0.2) is 5.78 Å². The topological polar surface area (TPSA) is 29.1 Å². The van der Waals surface area contributed by atoms with E-state index in [1.165, 1.54) is 12.1 Å². The Kier molecular flexibility index (Phi) is 4.90. The lowest BCUT2D eigenvalue weighted by atomic mass is 10.1. The lowest BCUT2D eigenvalue weighted by Gasteiger charge is -2.09. The van der Waals surface area contributed by atoms with E-state index < -0.39 is 11.7 Å². The summed E-state index contributed by atoms with van der Waals surface area (Å²) >= 11 is 0. The molecule has 0 unspecified atom stereocenters. The van der Waals surface area contributed by atoms with Crippen LogP contribution < -0.4 is 5.32 Å². The van der Waals surface area contributed by atoms with Gasteiger partial charge in [-0.2, -0.15) is 13.2 Å². The molecule has 0 spiro atoms. The summed E-state index contributed by atoms with van der Waals surface area (Å²) in [5.41, 5.74) is -0.0995. The van der Waals surface area contributed by atoms with Gasteiger partial charge in [-0.1, -0.05) is 26.0 Å². The minimum Gasteiger partial charge on any atom is -0.308 e. The zero-order valence-electron chi connectivity index (χ0n) is 10.3. The van der Waals surface area contributed by atoms with Gasteiger partial charge in [-0.3, -0.25) is 4.79 Å². The molecule has 0 fully saturated rings. The smallest absolute Gasteiger partial charge is 0.308 e. The highest BCUT2D eigenvalue weighted by Gasteiger charge is 2.29. The van der Waals surface area contributed by atoms with Crippen molar-refractivity contribution in [3.8, 4) is 0 Å². The third kappa shape index (κ3) is 4.87. The first-order valence-electron chi connectivity index (χ1n) is 5.70. The number of carbonyl (C=O) groups excluding carboxylic acids is 1. The van der Waals surface area contributed by atoms with Crippen molar-refractivity contribution in [2.45, 2.75) is 32.5 Å². The number of ketones is 1. The van der Waals surface area contributed by atoms with Crippen LogP contribution in [0, 0.1) is 0 Å². The van der Waals surface area contributed by atoms with Crippen molar-refractivity contribution in [2.24, 2.45) is 0 Å². The van der Waals surface area contributed by atoms with Crippen molar-refractivity contribution in [3.63, 3.8) is 0 Å². The fourth-order valence-corrected chi connectivity index (χ4v) is 1.42. The quantitative estimate of drug-likeness (QED) is 0.881. The van der Waals surface area contributed by atoms with E-state index >= 15 is 0 Å².